The molecule has 0 radical (unpaired) electrons. The van der Waals surface area contributed by atoms with Gasteiger partial charge in [0, 0.05) is 6.04 Å². The van der Waals surface area contributed by atoms with E-state index in [1.807, 2.05) is 32.0 Å². The van der Waals surface area contributed by atoms with Crippen molar-refractivity contribution in [2.45, 2.75) is 19.9 Å². The Morgan fingerprint density at radius 2 is 2.04 bits per heavy atom. The number of nitrogens with zero attached hydrogens (tertiary/aromatic N) is 3. The highest BCUT2D eigenvalue weighted by Gasteiger charge is 2.20. The standard InChI is InChI=1S/C21H20N4O3/c1-13(2)25-20-15(12-22-25)14(11-17(23-20)19-9-6-10-28-19)21(26)24-16-7-4-5-8-18(16)27-3/h4-13H,1-3H3,(H,24,26). The second kappa shape index (κ2) is 7.19. The Bertz CT molecular complexity index is 1130. The fraction of sp³-hybridized carbons (Fsp3) is 0.190. The van der Waals surface area contributed by atoms with Gasteiger partial charge in [-0.15, -0.1) is 0 Å². The number of aromatic nitrogens is 3. The van der Waals surface area contributed by atoms with E-state index in [1.165, 1.54) is 0 Å². The van der Waals surface area contributed by atoms with E-state index < -0.39 is 0 Å². The van der Waals surface area contributed by atoms with E-state index in [0.717, 1.165) is 0 Å². The Labute approximate surface area is 161 Å². The van der Waals surface area contributed by atoms with E-state index in [9.17, 15) is 4.79 Å². The number of anilines is 1. The molecule has 1 aromatic carbocycles. The van der Waals surface area contributed by atoms with Gasteiger partial charge in [0.2, 0.25) is 0 Å². The maximum Gasteiger partial charge on any atom is 0.256 e. The molecule has 4 aromatic rings. The number of pyridine rings is 1. The number of hydrogen-bond acceptors (Lipinski definition) is 5. The molecule has 0 aliphatic rings. The SMILES string of the molecule is COc1ccccc1NC(=O)c1cc(-c2ccco2)nc2c1cnn2C(C)C. The molecule has 0 saturated heterocycles. The van der Waals surface area contributed by atoms with Gasteiger partial charge in [-0.05, 0) is 44.2 Å². The molecule has 3 heterocycles. The lowest BCUT2D eigenvalue weighted by Gasteiger charge is -2.12. The topological polar surface area (TPSA) is 82.2 Å². The molecule has 1 amide bonds. The van der Waals surface area contributed by atoms with E-state index in [2.05, 4.69) is 15.4 Å². The predicted octanol–water partition coefficient (Wildman–Crippen LogP) is 4.53. The van der Waals surface area contributed by atoms with Gasteiger partial charge in [-0.25, -0.2) is 9.67 Å². The van der Waals surface area contributed by atoms with Crippen molar-refractivity contribution in [3.63, 3.8) is 0 Å². The predicted molar refractivity (Wildman–Crippen MR) is 107 cm³/mol. The number of methoxy groups -OCH3 is 1. The molecule has 3 aromatic heterocycles. The maximum atomic E-state index is 13.1. The Kier molecular flexibility index (Phi) is 4.57. The highest BCUT2D eigenvalue weighted by molar-refractivity contribution is 6.13. The van der Waals surface area contributed by atoms with E-state index >= 15 is 0 Å². The first-order valence-corrected chi connectivity index (χ1v) is 8.95. The molecule has 0 fully saturated rings. The summed E-state index contributed by atoms with van der Waals surface area (Å²) in [5.41, 5.74) is 2.27. The number of furan rings is 1. The summed E-state index contributed by atoms with van der Waals surface area (Å²) in [6.45, 7) is 4.03. The van der Waals surface area contributed by atoms with E-state index in [-0.39, 0.29) is 11.9 Å². The molecular weight excluding hydrogens is 356 g/mol. The van der Waals surface area contributed by atoms with Crippen LogP contribution < -0.4 is 10.1 Å². The van der Waals surface area contributed by atoms with Gasteiger partial charge < -0.3 is 14.5 Å². The van der Waals surface area contributed by atoms with Gasteiger partial charge in [0.15, 0.2) is 11.4 Å². The maximum absolute atomic E-state index is 13.1. The Morgan fingerprint density at radius 3 is 2.75 bits per heavy atom. The Balaban J connectivity index is 1.84. The molecular formula is C21H20N4O3. The molecule has 7 nitrogen and oxygen atoms in total. The quantitative estimate of drug-likeness (QED) is 0.553. The van der Waals surface area contributed by atoms with Crippen LogP contribution >= 0.6 is 0 Å². The van der Waals surface area contributed by atoms with Crippen LogP contribution in [0.25, 0.3) is 22.5 Å². The average molecular weight is 376 g/mol. The zero-order valence-corrected chi connectivity index (χ0v) is 15.8. The van der Waals surface area contributed by atoms with Crippen LogP contribution in [0, 0.1) is 0 Å². The number of fused-ring (bicyclic) bond motifs is 1. The fourth-order valence-electron chi connectivity index (χ4n) is 3.07. The number of carbonyl (C=O) groups excluding carboxylic acids is 1. The average Bonchev–Trinajstić information content (AvgIpc) is 3.37. The third-order valence-electron chi connectivity index (χ3n) is 4.43. The number of ether oxygens (including phenoxy) is 1. The van der Waals surface area contributed by atoms with E-state index in [1.54, 1.807) is 48.5 Å². The van der Waals surface area contributed by atoms with Crippen LogP contribution in [-0.2, 0) is 0 Å². The first kappa shape index (κ1) is 17.8. The number of rotatable bonds is 5. The van der Waals surface area contributed by atoms with Crippen molar-refractivity contribution >= 4 is 22.6 Å². The van der Waals surface area contributed by atoms with Crippen LogP contribution in [0.5, 0.6) is 5.75 Å². The number of nitrogens with one attached hydrogen (secondary N) is 1. The summed E-state index contributed by atoms with van der Waals surface area (Å²) in [7, 11) is 1.57. The Morgan fingerprint density at radius 1 is 1.21 bits per heavy atom. The third kappa shape index (κ3) is 3.11. The van der Waals surface area contributed by atoms with Gasteiger partial charge in [0.25, 0.3) is 5.91 Å². The van der Waals surface area contributed by atoms with Gasteiger partial charge in [-0.3, -0.25) is 4.79 Å². The van der Waals surface area contributed by atoms with Crippen molar-refractivity contribution in [1.29, 1.82) is 0 Å². The summed E-state index contributed by atoms with van der Waals surface area (Å²) < 4.78 is 12.6. The normalized spacial score (nSPS) is 11.1. The van der Waals surface area contributed by atoms with Crippen molar-refractivity contribution in [1.82, 2.24) is 14.8 Å². The highest BCUT2D eigenvalue weighted by Crippen LogP contribution is 2.29. The molecule has 0 aliphatic heterocycles. The van der Waals surface area contributed by atoms with Crippen molar-refractivity contribution < 1.29 is 13.9 Å². The number of carbonyl (C=O) groups is 1. The Hall–Kier alpha value is -3.61. The first-order valence-electron chi connectivity index (χ1n) is 8.95. The molecule has 28 heavy (non-hydrogen) atoms. The van der Waals surface area contributed by atoms with Crippen LogP contribution in [0.4, 0.5) is 5.69 Å². The lowest BCUT2D eigenvalue weighted by molar-refractivity contribution is 0.102. The summed E-state index contributed by atoms with van der Waals surface area (Å²) in [5.74, 6) is 0.906. The molecule has 1 N–H and O–H groups in total. The minimum absolute atomic E-state index is 0.0991. The van der Waals surface area contributed by atoms with E-state index in [0.29, 0.717) is 39.5 Å². The summed E-state index contributed by atoms with van der Waals surface area (Å²) in [5, 5.41) is 8.02. The van der Waals surface area contributed by atoms with E-state index in [4.69, 9.17) is 9.15 Å². The number of benzene rings is 1. The molecule has 0 unspecified atom stereocenters. The number of para-hydroxylation sites is 2. The molecule has 7 heteroatoms. The second-order valence-electron chi connectivity index (χ2n) is 6.61. The van der Waals surface area contributed by atoms with Crippen LogP contribution in [0.1, 0.15) is 30.2 Å². The zero-order valence-electron chi connectivity index (χ0n) is 15.8. The largest absolute Gasteiger partial charge is 0.495 e. The minimum Gasteiger partial charge on any atom is -0.495 e. The van der Waals surface area contributed by atoms with Crippen molar-refractivity contribution in [3.05, 3.63) is 60.5 Å². The van der Waals surface area contributed by atoms with Gasteiger partial charge in [0.1, 0.15) is 11.4 Å². The smallest absolute Gasteiger partial charge is 0.256 e. The van der Waals surface area contributed by atoms with Crippen LogP contribution in [0.3, 0.4) is 0 Å². The minimum atomic E-state index is -0.270. The molecule has 0 atom stereocenters. The van der Waals surface area contributed by atoms with Crippen LogP contribution in [0.2, 0.25) is 0 Å². The monoisotopic (exact) mass is 376 g/mol. The van der Waals surface area contributed by atoms with Crippen molar-refractivity contribution in [2.24, 2.45) is 0 Å². The molecule has 0 bridgehead atoms. The van der Waals surface area contributed by atoms with Crippen LogP contribution in [0.15, 0.2) is 59.3 Å². The lowest BCUT2D eigenvalue weighted by atomic mass is 10.1. The lowest BCUT2D eigenvalue weighted by Crippen LogP contribution is -2.14. The zero-order chi connectivity index (χ0) is 19.7. The van der Waals surface area contributed by atoms with Gasteiger partial charge in [0.05, 0.1) is 36.2 Å². The molecule has 142 valence electrons. The molecule has 4 rings (SSSR count). The second-order valence-corrected chi connectivity index (χ2v) is 6.61. The van der Waals surface area contributed by atoms with Crippen molar-refractivity contribution in [3.8, 4) is 17.2 Å². The van der Waals surface area contributed by atoms with Gasteiger partial charge in [-0.2, -0.15) is 5.10 Å². The fourth-order valence-corrected chi connectivity index (χ4v) is 3.07. The summed E-state index contributed by atoms with van der Waals surface area (Å²) in [6, 6.07) is 12.7. The van der Waals surface area contributed by atoms with Crippen LogP contribution in [-0.4, -0.2) is 27.8 Å². The first-order chi connectivity index (χ1) is 13.6. The highest BCUT2D eigenvalue weighted by atomic mass is 16.5. The summed E-state index contributed by atoms with van der Waals surface area (Å²) >= 11 is 0. The molecule has 0 saturated carbocycles. The van der Waals surface area contributed by atoms with Gasteiger partial charge >= 0.3 is 0 Å². The summed E-state index contributed by atoms with van der Waals surface area (Å²) in [6.07, 6.45) is 3.25. The number of hydrogen-bond donors (Lipinski definition) is 1. The molecule has 0 spiro atoms. The van der Waals surface area contributed by atoms with Gasteiger partial charge in [-0.1, -0.05) is 12.1 Å². The third-order valence-corrected chi connectivity index (χ3v) is 4.43. The summed E-state index contributed by atoms with van der Waals surface area (Å²) in [4.78, 5) is 17.8. The molecule has 0 aliphatic carbocycles. The number of amides is 1. The van der Waals surface area contributed by atoms with Crippen molar-refractivity contribution in [2.75, 3.05) is 12.4 Å².